The summed E-state index contributed by atoms with van der Waals surface area (Å²) >= 11 is 6.27. The molecule has 0 saturated carbocycles. The second kappa shape index (κ2) is 8.55. The maximum atomic E-state index is 6.27. The average molecular weight is 268 g/mol. The minimum Gasteiger partial charge on any atom is -0.313 e. The standard InChI is InChI=1S/C16H26ClN/c1-4-11-18-16(13(5-2)6-3)12-14-9-7-8-10-15(14)17/h7-10,13,16,18H,4-6,11-12H2,1-3H3. The largest absolute Gasteiger partial charge is 0.313 e. The van der Waals surface area contributed by atoms with Crippen LogP contribution in [-0.4, -0.2) is 12.6 Å². The molecule has 2 heteroatoms. The van der Waals surface area contributed by atoms with E-state index >= 15 is 0 Å². The molecule has 1 aromatic carbocycles. The van der Waals surface area contributed by atoms with Gasteiger partial charge in [0.15, 0.2) is 0 Å². The van der Waals surface area contributed by atoms with Crippen LogP contribution in [0.1, 0.15) is 45.6 Å². The monoisotopic (exact) mass is 267 g/mol. The fraction of sp³-hybridized carbons (Fsp3) is 0.625. The Morgan fingerprint density at radius 3 is 2.33 bits per heavy atom. The van der Waals surface area contributed by atoms with Gasteiger partial charge in [0, 0.05) is 11.1 Å². The van der Waals surface area contributed by atoms with E-state index < -0.39 is 0 Å². The molecule has 1 atom stereocenters. The molecule has 1 rings (SSSR count). The van der Waals surface area contributed by atoms with Crippen LogP contribution in [0.15, 0.2) is 24.3 Å². The minimum atomic E-state index is 0.542. The van der Waals surface area contributed by atoms with Gasteiger partial charge in [-0.3, -0.25) is 0 Å². The first-order valence-electron chi connectivity index (χ1n) is 7.19. The molecular weight excluding hydrogens is 242 g/mol. The maximum absolute atomic E-state index is 6.27. The quantitative estimate of drug-likeness (QED) is 0.721. The summed E-state index contributed by atoms with van der Waals surface area (Å²) in [4.78, 5) is 0. The molecular formula is C16H26ClN. The molecule has 1 nitrogen and oxygen atoms in total. The van der Waals surface area contributed by atoms with E-state index in [0.29, 0.717) is 6.04 Å². The van der Waals surface area contributed by atoms with Gasteiger partial charge < -0.3 is 5.32 Å². The molecule has 0 heterocycles. The lowest BCUT2D eigenvalue weighted by molar-refractivity contribution is 0.332. The Kier molecular flexibility index (Phi) is 7.38. The number of hydrogen-bond acceptors (Lipinski definition) is 1. The van der Waals surface area contributed by atoms with E-state index in [1.165, 1.54) is 24.8 Å². The Bertz CT molecular complexity index is 334. The summed E-state index contributed by atoms with van der Waals surface area (Å²) in [7, 11) is 0. The maximum Gasteiger partial charge on any atom is 0.0438 e. The molecule has 0 aliphatic rings. The molecule has 18 heavy (non-hydrogen) atoms. The van der Waals surface area contributed by atoms with Gasteiger partial charge in [0.05, 0.1) is 0 Å². The lowest BCUT2D eigenvalue weighted by Gasteiger charge is -2.27. The predicted molar refractivity (Wildman–Crippen MR) is 81.3 cm³/mol. The van der Waals surface area contributed by atoms with E-state index in [1.54, 1.807) is 0 Å². The van der Waals surface area contributed by atoms with Crippen LogP contribution in [-0.2, 0) is 6.42 Å². The van der Waals surface area contributed by atoms with Crippen LogP contribution in [0.25, 0.3) is 0 Å². The second-order valence-corrected chi connectivity index (χ2v) is 5.34. The lowest BCUT2D eigenvalue weighted by atomic mass is 9.89. The van der Waals surface area contributed by atoms with E-state index in [4.69, 9.17) is 11.6 Å². The molecule has 0 fully saturated rings. The smallest absolute Gasteiger partial charge is 0.0438 e. The lowest BCUT2D eigenvalue weighted by Crippen LogP contribution is -2.38. The molecule has 0 amide bonds. The SMILES string of the molecule is CCCNC(Cc1ccccc1Cl)C(CC)CC. The van der Waals surface area contributed by atoms with Gasteiger partial charge in [0.1, 0.15) is 0 Å². The molecule has 1 aromatic rings. The van der Waals surface area contributed by atoms with Crippen molar-refractivity contribution in [3.8, 4) is 0 Å². The first-order chi connectivity index (χ1) is 8.72. The molecule has 0 saturated heterocycles. The molecule has 0 bridgehead atoms. The van der Waals surface area contributed by atoms with Gasteiger partial charge in [-0.25, -0.2) is 0 Å². The number of nitrogens with one attached hydrogen (secondary N) is 1. The Morgan fingerprint density at radius 1 is 1.11 bits per heavy atom. The van der Waals surface area contributed by atoms with Crippen LogP contribution in [0.4, 0.5) is 0 Å². The zero-order chi connectivity index (χ0) is 13.4. The highest BCUT2D eigenvalue weighted by molar-refractivity contribution is 6.31. The number of benzene rings is 1. The number of halogens is 1. The van der Waals surface area contributed by atoms with E-state index in [-0.39, 0.29) is 0 Å². The van der Waals surface area contributed by atoms with Gasteiger partial charge in [-0.1, -0.05) is 63.4 Å². The number of hydrogen-bond donors (Lipinski definition) is 1. The van der Waals surface area contributed by atoms with Crippen LogP contribution < -0.4 is 5.32 Å². The van der Waals surface area contributed by atoms with Gasteiger partial charge in [-0.15, -0.1) is 0 Å². The van der Waals surface area contributed by atoms with Crippen LogP contribution in [0.3, 0.4) is 0 Å². The fourth-order valence-electron chi connectivity index (χ4n) is 2.49. The molecule has 102 valence electrons. The van der Waals surface area contributed by atoms with Crippen molar-refractivity contribution >= 4 is 11.6 Å². The van der Waals surface area contributed by atoms with Gasteiger partial charge in [0.25, 0.3) is 0 Å². The summed E-state index contributed by atoms with van der Waals surface area (Å²) in [6.07, 6.45) is 4.66. The third kappa shape index (κ3) is 4.62. The van der Waals surface area contributed by atoms with E-state index in [2.05, 4.69) is 38.2 Å². The Balaban J connectivity index is 2.74. The summed E-state index contributed by atoms with van der Waals surface area (Å²) in [6.45, 7) is 7.86. The molecule has 0 spiro atoms. The van der Waals surface area contributed by atoms with Gasteiger partial charge >= 0.3 is 0 Å². The topological polar surface area (TPSA) is 12.0 Å². The van der Waals surface area contributed by atoms with E-state index in [0.717, 1.165) is 23.9 Å². The van der Waals surface area contributed by atoms with Crippen molar-refractivity contribution in [2.45, 2.75) is 52.5 Å². The van der Waals surface area contributed by atoms with Crippen LogP contribution in [0, 0.1) is 5.92 Å². The van der Waals surface area contributed by atoms with Crippen molar-refractivity contribution in [2.75, 3.05) is 6.54 Å². The molecule has 1 unspecified atom stereocenters. The molecule has 1 N–H and O–H groups in total. The zero-order valence-electron chi connectivity index (χ0n) is 11.9. The van der Waals surface area contributed by atoms with Crippen LogP contribution in [0.5, 0.6) is 0 Å². The Morgan fingerprint density at radius 2 is 1.78 bits per heavy atom. The summed E-state index contributed by atoms with van der Waals surface area (Å²) < 4.78 is 0. The van der Waals surface area contributed by atoms with E-state index in [9.17, 15) is 0 Å². The van der Waals surface area contributed by atoms with Crippen molar-refractivity contribution < 1.29 is 0 Å². The summed E-state index contributed by atoms with van der Waals surface area (Å²) in [5.74, 6) is 0.729. The number of rotatable bonds is 8. The minimum absolute atomic E-state index is 0.542. The third-order valence-electron chi connectivity index (χ3n) is 3.67. The summed E-state index contributed by atoms with van der Waals surface area (Å²) in [6, 6.07) is 8.74. The first kappa shape index (κ1) is 15.5. The van der Waals surface area contributed by atoms with Gasteiger partial charge in [-0.2, -0.15) is 0 Å². The van der Waals surface area contributed by atoms with Crippen LogP contribution >= 0.6 is 11.6 Å². The Hall–Kier alpha value is -0.530. The van der Waals surface area contributed by atoms with Gasteiger partial charge in [0.2, 0.25) is 0 Å². The van der Waals surface area contributed by atoms with Crippen molar-refractivity contribution in [3.63, 3.8) is 0 Å². The van der Waals surface area contributed by atoms with Crippen LogP contribution in [0.2, 0.25) is 5.02 Å². The first-order valence-corrected chi connectivity index (χ1v) is 7.57. The summed E-state index contributed by atoms with van der Waals surface area (Å²) in [5.41, 5.74) is 1.26. The predicted octanol–water partition coefficient (Wildman–Crippen LogP) is 4.69. The van der Waals surface area contributed by atoms with Crippen molar-refractivity contribution in [3.05, 3.63) is 34.9 Å². The highest BCUT2D eigenvalue weighted by Gasteiger charge is 2.18. The van der Waals surface area contributed by atoms with E-state index in [1.807, 2.05) is 12.1 Å². The Labute approximate surface area is 117 Å². The zero-order valence-corrected chi connectivity index (χ0v) is 12.6. The average Bonchev–Trinajstić information content (AvgIpc) is 2.39. The molecule has 0 radical (unpaired) electrons. The van der Waals surface area contributed by atoms with Crippen molar-refractivity contribution in [1.82, 2.24) is 5.32 Å². The normalized spacial score (nSPS) is 12.9. The fourth-order valence-corrected chi connectivity index (χ4v) is 2.71. The molecule has 0 aliphatic heterocycles. The van der Waals surface area contributed by atoms with Crippen molar-refractivity contribution in [1.29, 1.82) is 0 Å². The third-order valence-corrected chi connectivity index (χ3v) is 4.04. The molecule has 0 aromatic heterocycles. The van der Waals surface area contributed by atoms with Gasteiger partial charge in [-0.05, 0) is 36.9 Å². The summed E-state index contributed by atoms with van der Waals surface area (Å²) in [5, 5.41) is 4.58. The highest BCUT2D eigenvalue weighted by atomic mass is 35.5. The highest BCUT2D eigenvalue weighted by Crippen LogP contribution is 2.22. The second-order valence-electron chi connectivity index (χ2n) is 4.93. The van der Waals surface area contributed by atoms with Crippen molar-refractivity contribution in [2.24, 2.45) is 5.92 Å². The molecule has 0 aliphatic carbocycles.